The molecule has 0 atom stereocenters. The zero-order valence-corrected chi connectivity index (χ0v) is 12.1. The summed E-state index contributed by atoms with van der Waals surface area (Å²) in [5, 5.41) is 1.97. The van der Waals surface area contributed by atoms with Gasteiger partial charge >= 0.3 is 0 Å². The summed E-state index contributed by atoms with van der Waals surface area (Å²) in [6.07, 6.45) is 3.81. The maximum absolute atomic E-state index is 12.2. The van der Waals surface area contributed by atoms with E-state index in [-0.39, 0.29) is 5.91 Å². The van der Waals surface area contributed by atoms with Crippen molar-refractivity contribution in [1.82, 2.24) is 10.4 Å². The van der Waals surface area contributed by atoms with Crippen LogP contribution >= 0.6 is 0 Å². The highest BCUT2D eigenvalue weighted by molar-refractivity contribution is 5.93. The van der Waals surface area contributed by atoms with Crippen LogP contribution in [-0.4, -0.2) is 23.5 Å². The van der Waals surface area contributed by atoms with E-state index >= 15 is 0 Å². The van der Waals surface area contributed by atoms with Gasteiger partial charge in [0.15, 0.2) is 0 Å². The van der Waals surface area contributed by atoms with Gasteiger partial charge in [0, 0.05) is 18.2 Å². The highest BCUT2D eigenvalue weighted by Gasteiger charge is 2.16. The second-order valence-corrected chi connectivity index (χ2v) is 4.72. The Labute approximate surface area is 116 Å². The number of rotatable bonds is 7. The average molecular weight is 260 g/mol. The fraction of sp³-hybridized carbons (Fsp3) is 0.438. The summed E-state index contributed by atoms with van der Waals surface area (Å²) in [6.45, 7) is 10.7. The Morgan fingerprint density at radius 3 is 2.37 bits per heavy atom. The smallest absolute Gasteiger partial charge is 0.265 e. The summed E-state index contributed by atoms with van der Waals surface area (Å²) >= 11 is 0. The standard InChI is InChI=1S/C16H24N2O/c1-5-12-18(15(6-2)7-3)17-16(19)14-10-8-13(4)9-11-14/h5,8-11,15H,1,6-7,12H2,2-4H3,(H,17,19). The minimum Gasteiger partial charge on any atom is -0.284 e. The van der Waals surface area contributed by atoms with E-state index in [9.17, 15) is 4.79 Å². The normalized spacial score (nSPS) is 10.8. The first-order valence-electron chi connectivity index (χ1n) is 6.87. The highest BCUT2D eigenvalue weighted by atomic mass is 16.2. The van der Waals surface area contributed by atoms with E-state index in [1.807, 2.05) is 42.3 Å². The molecule has 1 amide bonds. The number of benzene rings is 1. The molecule has 0 unspecified atom stereocenters. The summed E-state index contributed by atoms with van der Waals surface area (Å²) in [4.78, 5) is 12.2. The highest BCUT2D eigenvalue weighted by Crippen LogP contribution is 2.08. The van der Waals surface area contributed by atoms with Crippen molar-refractivity contribution >= 4 is 5.91 Å². The SMILES string of the molecule is C=CCN(NC(=O)c1ccc(C)cc1)C(CC)CC. The molecule has 0 radical (unpaired) electrons. The maximum Gasteiger partial charge on any atom is 0.265 e. The van der Waals surface area contributed by atoms with Crippen molar-refractivity contribution in [3.8, 4) is 0 Å². The van der Waals surface area contributed by atoms with Crippen molar-refractivity contribution in [3.63, 3.8) is 0 Å². The Balaban J connectivity index is 2.75. The van der Waals surface area contributed by atoms with E-state index < -0.39 is 0 Å². The molecule has 0 saturated carbocycles. The first kappa shape index (κ1) is 15.4. The third-order valence-electron chi connectivity index (χ3n) is 3.27. The third kappa shape index (κ3) is 4.52. The van der Waals surface area contributed by atoms with Crippen molar-refractivity contribution in [2.75, 3.05) is 6.54 Å². The Bertz CT molecular complexity index is 407. The van der Waals surface area contributed by atoms with E-state index in [0.29, 0.717) is 18.2 Å². The third-order valence-corrected chi connectivity index (χ3v) is 3.27. The minimum atomic E-state index is -0.0613. The molecule has 3 heteroatoms. The predicted molar refractivity (Wildman–Crippen MR) is 79.9 cm³/mol. The molecule has 19 heavy (non-hydrogen) atoms. The predicted octanol–water partition coefficient (Wildman–Crippen LogP) is 3.32. The maximum atomic E-state index is 12.2. The number of aryl methyl sites for hydroxylation is 1. The number of hydrogen-bond acceptors (Lipinski definition) is 2. The van der Waals surface area contributed by atoms with Gasteiger partial charge in [-0.2, -0.15) is 0 Å². The summed E-state index contributed by atoms with van der Waals surface area (Å²) < 4.78 is 0. The molecule has 0 spiro atoms. The number of nitrogens with zero attached hydrogens (tertiary/aromatic N) is 1. The second kappa shape index (κ2) is 7.74. The van der Waals surface area contributed by atoms with Crippen LogP contribution in [0.15, 0.2) is 36.9 Å². The van der Waals surface area contributed by atoms with Crippen molar-refractivity contribution in [3.05, 3.63) is 48.0 Å². The van der Waals surface area contributed by atoms with Crippen molar-refractivity contribution in [2.45, 2.75) is 39.7 Å². The van der Waals surface area contributed by atoms with Crippen molar-refractivity contribution in [1.29, 1.82) is 0 Å². The molecule has 1 N–H and O–H groups in total. The van der Waals surface area contributed by atoms with Gasteiger partial charge in [-0.25, -0.2) is 5.01 Å². The molecule has 0 heterocycles. The summed E-state index contributed by atoms with van der Waals surface area (Å²) in [7, 11) is 0. The molecule has 0 aliphatic rings. The zero-order valence-electron chi connectivity index (χ0n) is 12.1. The first-order chi connectivity index (χ1) is 9.12. The molecule has 0 bridgehead atoms. The topological polar surface area (TPSA) is 32.3 Å². The van der Waals surface area contributed by atoms with Crippen LogP contribution in [0.4, 0.5) is 0 Å². The average Bonchev–Trinajstić information content (AvgIpc) is 2.41. The van der Waals surface area contributed by atoms with Gasteiger partial charge in [0.25, 0.3) is 5.91 Å². The lowest BCUT2D eigenvalue weighted by atomic mass is 10.1. The van der Waals surface area contributed by atoms with Crippen LogP contribution < -0.4 is 5.43 Å². The molecule has 0 aliphatic heterocycles. The number of amides is 1. The van der Waals surface area contributed by atoms with E-state index in [4.69, 9.17) is 0 Å². The van der Waals surface area contributed by atoms with E-state index in [1.54, 1.807) is 0 Å². The fourth-order valence-electron chi connectivity index (χ4n) is 2.05. The summed E-state index contributed by atoms with van der Waals surface area (Å²) in [5.41, 5.74) is 4.82. The van der Waals surface area contributed by atoms with Gasteiger partial charge in [0.2, 0.25) is 0 Å². The van der Waals surface area contributed by atoms with Gasteiger partial charge in [0.1, 0.15) is 0 Å². The molecular weight excluding hydrogens is 236 g/mol. The number of carbonyl (C=O) groups excluding carboxylic acids is 1. The van der Waals surface area contributed by atoms with Crippen LogP contribution in [0, 0.1) is 6.92 Å². The molecule has 0 saturated heterocycles. The Hall–Kier alpha value is -1.61. The van der Waals surface area contributed by atoms with Crippen LogP contribution in [0.2, 0.25) is 0 Å². The Kier molecular flexibility index (Phi) is 6.30. The minimum absolute atomic E-state index is 0.0613. The van der Waals surface area contributed by atoms with Crippen molar-refractivity contribution in [2.24, 2.45) is 0 Å². The molecule has 104 valence electrons. The van der Waals surface area contributed by atoms with Crippen LogP contribution in [0.1, 0.15) is 42.6 Å². The molecule has 1 aromatic rings. The quantitative estimate of drug-likeness (QED) is 0.602. The second-order valence-electron chi connectivity index (χ2n) is 4.72. The number of carbonyl (C=O) groups is 1. The number of nitrogens with one attached hydrogen (secondary N) is 1. The van der Waals surface area contributed by atoms with Crippen molar-refractivity contribution < 1.29 is 4.79 Å². The molecular formula is C16H24N2O. The summed E-state index contributed by atoms with van der Waals surface area (Å²) in [6, 6.07) is 7.94. The van der Waals surface area contributed by atoms with Gasteiger partial charge in [-0.15, -0.1) is 6.58 Å². The molecule has 3 nitrogen and oxygen atoms in total. The van der Waals surface area contributed by atoms with Gasteiger partial charge in [0.05, 0.1) is 0 Å². The molecule has 1 aromatic carbocycles. The molecule has 1 rings (SSSR count). The lowest BCUT2D eigenvalue weighted by Crippen LogP contribution is -2.48. The van der Waals surface area contributed by atoms with E-state index in [1.165, 1.54) is 0 Å². The van der Waals surface area contributed by atoms with Gasteiger partial charge < -0.3 is 0 Å². The fourth-order valence-corrected chi connectivity index (χ4v) is 2.05. The number of hydrazine groups is 1. The Morgan fingerprint density at radius 1 is 1.32 bits per heavy atom. The summed E-state index contributed by atoms with van der Waals surface area (Å²) in [5.74, 6) is -0.0613. The van der Waals surface area contributed by atoms with Crippen LogP contribution in [0.3, 0.4) is 0 Å². The lowest BCUT2D eigenvalue weighted by molar-refractivity contribution is 0.0707. The van der Waals surface area contributed by atoms with Crippen LogP contribution in [0.25, 0.3) is 0 Å². The lowest BCUT2D eigenvalue weighted by Gasteiger charge is -2.29. The monoisotopic (exact) mass is 260 g/mol. The van der Waals surface area contributed by atoms with Crippen LogP contribution in [0.5, 0.6) is 0 Å². The van der Waals surface area contributed by atoms with Gasteiger partial charge in [-0.1, -0.05) is 37.6 Å². The van der Waals surface area contributed by atoms with E-state index in [2.05, 4.69) is 25.9 Å². The molecule has 0 aromatic heterocycles. The molecule has 0 fully saturated rings. The van der Waals surface area contributed by atoms with Crippen LogP contribution in [-0.2, 0) is 0 Å². The first-order valence-corrected chi connectivity index (χ1v) is 6.87. The number of hydrogen-bond donors (Lipinski definition) is 1. The zero-order chi connectivity index (χ0) is 14.3. The van der Waals surface area contributed by atoms with E-state index in [0.717, 1.165) is 18.4 Å². The van der Waals surface area contributed by atoms with Gasteiger partial charge in [-0.05, 0) is 31.9 Å². The largest absolute Gasteiger partial charge is 0.284 e. The Morgan fingerprint density at radius 2 is 1.89 bits per heavy atom. The van der Waals surface area contributed by atoms with Gasteiger partial charge in [-0.3, -0.25) is 10.2 Å². The molecule has 0 aliphatic carbocycles.